The third-order valence-electron chi connectivity index (χ3n) is 14.3. The van der Waals surface area contributed by atoms with Gasteiger partial charge in [0, 0.05) is 6.42 Å². The topological polar surface area (TPSA) is 149 Å². The number of carbonyl (C=O) groups excluding carboxylic acids is 1. The molecule has 0 aliphatic carbocycles. The van der Waals surface area contributed by atoms with Gasteiger partial charge in [-0.2, -0.15) is 0 Å². The van der Waals surface area contributed by atoms with Crippen molar-refractivity contribution in [2.45, 2.75) is 333 Å². The summed E-state index contributed by atoms with van der Waals surface area (Å²) in [6.45, 7) is 3.82. The molecule has 1 aliphatic heterocycles. The SMILES string of the molecule is CCCCCCCCCCCCCC/C=C\CCCCCCCCCCCC(=O)NC(COC1OC(CO)C(O)C(O)C1O)C(O)/C=C/CCCCCCCCCCCCCCCCCCCC. The average Bonchev–Trinajstić information content (AvgIpc) is 3.34. The number of carbonyl (C=O) groups is 1. The Morgan fingerprint density at radius 1 is 0.485 bits per heavy atom. The van der Waals surface area contributed by atoms with E-state index in [-0.39, 0.29) is 12.5 Å². The van der Waals surface area contributed by atoms with Gasteiger partial charge in [-0.15, -0.1) is 0 Å². The van der Waals surface area contributed by atoms with Crippen molar-refractivity contribution >= 4 is 5.91 Å². The molecule has 6 N–H and O–H groups in total. The van der Waals surface area contributed by atoms with Gasteiger partial charge < -0.3 is 40.3 Å². The van der Waals surface area contributed by atoms with E-state index in [4.69, 9.17) is 9.47 Å². The highest BCUT2D eigenvalue weighted by Gasteiger charge is 2.44. The Hall–Kier alpha value is -1.33. The molecule has 1 rings (SSSR count). The van der Waals surface area contributed by atoms with Crippen LogP contribution < -0.4 is 5.32 Å². The fourth-order valence-corrected chi connectivity index (χ4v) is 9.57. The standard InChI is InChI=1S/C59H113NO8/c1-3-5-7-9-11-13-15-17-19-21-23-25-26-27-28-29-31-33-35-37-39-41-43-45-47-49-55(63)60-52(51-67-59-58(66)57(65)56(64)54(50-61)68-59)53(62)48-46-44-42-40-38-36-34-32-30-24-22-20-18-16-14-12-10-8-6-4-2/h27-28,46,48,52-54,56-59,61-62,64-66H,3-26,29-45,47,49-51H2,1-2H3,(H,60,63)/b28-27-,48-46+. The summed E-state index contributed by atoms with van der Waals surface area (Å²) in [5.41, 5.74) is 0. The Kier molecular flexibility index (Phi) is 46.9. The lowest BCUT2D eigenvalue weighted by Crippen LogP contribution is -2.60. The lowest BCUT2D eigenvalue weighted by atomic mass is 9.99. The van der Waals surface area contributed by atoms with Crippen LogP contribution in [0.4, 0.5) is 0 Å². The predicted octanol–water partition coefficient (Wildman–Crippen LogP) is 14.6. The van der Waals surface area contributed by atoms with Crippen LogP contribution in [0.3, 0.4) is 0 Å². The fourth-order valence-electron chi connectivity index (χ4n) is 9.57. The Bertz CT molecular complexity index is 1120. The van der Waals surface area contributed by atoms with Crippen LogP contribution in [0.5, 0.6) is 0 Å². The van der Waals surface area contributed by atoms with Crippen molar-refractivity contribution in [1.82, 2.24) is 5.32 Å². The lowest BCUT2D eigenvalue weighted by Gasteiger charge is -2.40. The van der Waals surface area contributed by atoms with Crippen LogP contribution in [0.1, 0.15) is 290 Å². The molecule has 0 saturated carbocycles. The largest absolute Gasteiger partial charge is 0.394 e. The van der Waals surface area contributed by atoms with E-state index in [1.54, 1.807) is 6.08 Å². The average molecular weight is 965 g/mol. The molecule has 0 aromatic rings. The van der Waals surface area contributed by atoms with E-state index in [1.165, 1.54) is 231 Å². The molecule has 9 heteroatoms. The molecule has 1 fully saturated rings. The molecule has 9 nitrogen and oxygen atoms in total. The molecule has 0 bridgehead atoms. The van der Waals surface area contributed by atoms with Gasteiger partial charge in [0.1, 0.15) is 24.4 Å². The van der Waals surface area contributed by atoms with Gasteiger partial charge in [-0.1, -0.05) is 263 Å². The van der Waals surface area contributed by atoms with E-state index in [1.807, 2.05) is 6.08 Å². The van der Waals surface area contributed by atoms with Gasteiger partial charge in [0.2, 0.25) is 5.91 Å². The summed E-state index contributed by atoms with van der Waals surface area (Å²) in [6.07, 6.45) is 55.3. The lowest BCUT2D eigenvalue weighted by molar-refractivity contribution is -0.302. The predicted molar refractivity (Wildman–Crippen MR) is 286 cm³/mol. The van der Waals surface area contributed by atoms with Gasteiger partial charge in [-0.25, -0.2) is 0 Å². The van der Waals surface area contributed by atoms with E-state index in [0.717, 1.165) is 38.5 Å². The highest BCUT2D eigenvalue weighted by Crippen LogP contribution is 2.23. The minimum atomic E-state index is -1.57. The Balaban J connectivity index is 2.21. The number of amides is 1. The van der Waals surface area contributed by atoms with Gasteiger partial charge in [0.05, 0.1) is 25.4 Å². The first kappa shape index (κ1) is 64.7. The number of hydrogen-bond acceptors (Lipinski definition) is 8. The maximum atomic E-state index is 13.1. The summed E-state index contributed by atoms with van der Waals surface area (Å²) in [7, 11) is 0. The molecule has 1 amide bonds. The first-order valence-corrected chi connectivity index (χ1v) is 29.6. The Morgan fingerprint density at radius 3 is 1.19 bits per heavy atom. The van der Waals surface area contributed by atoms with Crippen LogP contribution in [-0.2, 0) is 14.3 Å². The number of aliphatic hydroxyl groups is 5. The van der Waals surface area contributed by atoms with Gasteiger partial charge in [0.25, 0.3) is 0 Å². The van der Waals surface area contributed by atoms with Gasteiger partial charge in [-0.05, 0) is 44.9 Å². The molecule has 0 aromatic carbocycles. The number of hydrogen-bond donors (Lipinski definition) is 6. The zero-order chi connectivity index (χ0) is 49.4. The highest BCUT2D eigenvalue weighted by atomic mass is 16.7. The number of ether oxygens (including phenoxy) is 2. The van der Waals surface area contributed by atoms with Crippen molar-refractivity contribution < 1.29 is 39.8 Å². The molecule has 1 saturated heterocycles. The van der Waals surface area contributed by atoms with E-state index in [9.17, 15) is 30.3 Å². The zero-order valence-corrected chi connectivity index (χ0v) is 44.6. The summed E-state index contributed by atoms with van der Waals surface area (Å²) < 4.78 is 11.3. The monoisotopic (exact) mass is 964 g/mol. The summed E-state index contributed by atoms with van der Waals surface area (Å²) >= 11 is 0. The molecule has 68 heavy (non-hydrogen) atoms. The van der Waals surface area contributed by atoms with E-state index in [0.29, 0.717) is 6.42 Å². The Labute approximate surface area is 419 Å². The summed E-state index contributed by atoms with van der Waals surface area (Å²) in [5.74, 6) is -0.175. The van der Waals surface area contributed by atoms with Crippen LogP contribution in [0.15, 0.2) is 24.3 Å². The molecule has 402 valence electrons. The van der Waals surface area contributed by atoms with Gasteiger partial charge in [0.15, 0.2) is 6.29 Å². The third kappa shape index (κ3) is 38.4. The van der Waals surface area contributed by atoms with Gasteiger partial charge >= 0.3 is 0 Å². The maximum absolute atomic E-state index is 13.1. The second kappa shape index (κ2) is 49.3. The first-order valence-electron chi connectivity index (χ1n) is 29.6. The van der Waals surface area contributed by atoms with Crippen molar-refractivity contribution in [3.05, 3.63) is 24.3 Å². The highest BCUT2D eigenvalue weighted by molar-refractivity contribution is 5.76. The second-order valence-electron chi connectivity index (χ2n) is 20.8. The number of nitrogens with one attached hydrogen (secondary N) is 1. The van der Waals surface area contributed by atoms with Crippen molar-refractivity contribution in [2.75, 3.05) is 13.2 Å². The van der Waals surface area contributed by atoms with E-state index >= 15 is 0 Å². The molecule has 0 radical (unpaired) electrons. The van der Waals surface area contributed by atoms with Crippen LogP contribution in [-0.4, -0.2) is 87.5 Å². The maximum Gasteiger partial charge on any atom is 0.220 e. The van der Waals surface area contributed by atoms with Crippen molar-refractivity contribution in [2.24, 2.45) is 0 Å². The van der Waals surface area contributed by atoms with Crippen LogP contribution >= 0.6 is 0 Å². The summed E-state index contributed by atoms with van der Waals surface area (Å²) in [5, 5.41) is 54.5. The zero-order valence-electron chi connectivity index (χ0n) is 44.6. The van der Waals surface area contributed by atoms with Crippen LogP contribution in [0.2, 0.25) is 0 Å². The Morgan fingerprint density at radius 2 is 0.824 bits per heavy atom. The molecule has 0 aromatic heterocycles. The third-order valence-corrected chi connectivity index (χ3v) is 14.3. The van der Waals surface area contributed by atoms with E-state index < -0.39 is 49.5 Å². The van der Waals surface area contributed by atoms with Crippen molar-refractivity contribution in [1.29, 1.82) is 0 Å². The number of allylic oxidation sites excluding steroid dienone is 3. The van der Waals surface area contributed by atoms with Gasteiger partial charge in [-0.3, -0.25) is 4.79 Å². The molecule has 0 spiro atoms. The molecular formula is C59H113NO8. The summed E-state index contributed by atoms with van der Waals surface area (Å²) in [6, 6.07) is -0.804. The quantitative estimate of drug-likeness (QED) is 0.0261. The van der Waals surface area contributed by atoms with Crippen molar-refractivity contribution in [3.63, 3.8) is 0 Å². The number of aliphatic hydroxyl groups excluding tert-OH is 5. The smallest absolute Gasteiger partial charge is 0.220 e. The van der Waals surface area contributed by atoms with Crippen LogP contribution in [0, 0.1) is 0 Å². The van der Waals surface area contributed by atoms with Crippen molar-refractivity contribution in [3.8, 4) is 0 Å². The number of unbranched alkanes of at least 4 members (excludes halogenated alkanes) is 39. The fraction of sp³-hybridized carbons (Fsp3) is 0.915. The van der Waals surface area contributed by atoms with Crippen LogP contribution in [0.25, 0.3) is 0 Å². The normalized spacial score (nSPS) is 19.7. The molecular weight excluding hydrogens is 851 g/mol. The summed E-state index contributed by atoms with van der Waals surface area (Å²) in [4.78, 5) is 13.1. The molecule has 7 atom stereocenters. The minimum Gasteiger partial charge on any atom is -0.394 e. The molecule has 1 heterocycles. The van der Waals surface area contributed by atoms with E-state index in [2.05, 4.69) is 31.3 Å². The minimum absolute atomic E-state index is 0.175. The molecule has 1 aliphatic rings. The first-order chi connectivity index (χ1) is 33.3. The number of rotatable bonds is 51. The molecule has 7 unspecified atom stereocenters. The second-order valence-corrected chi connectivity index (χ2v) is 20.8.